The molecule has 1 heterocycles. The van der Waals surface area contributed by atoms with Crippen molar-refractivity contribution >= 4 is 11.3 Å². The lowest BCUT2D eigenvalue weighted by Crippen LogP contribution is -1.86. The van der Waals surface area contributed by atoms with E-state index in [1.165, 1.54) is 23.5 Å². The lowest BCUT2D eigenvalue weighted by atomic mass is 10.1. The third-order valence-corrected chi connectivity index (χ3v) is 3.48. The number of aliphatic hydroxyl groups excluding tert-OH is 1. The Kier molecular flexibility index (Phi) is 3.31. The molecule has 16 heavy (non-hydrogen) atoms. The summed E-state index contributed by atoms with van der Waals surface area (Å²) in [7, 11) is 0. The van der Waals surface area contributed by atoms with E-state index in [0.717, 1.165) is 22.6 Å². The summed E-state index contributed by atoms with van der Waals surface area (Å²) in [4.78, 5) is 5.39. The summed E-state index contributed by atoms with van der Waals surface area (Å²) in [5.41, 5.74) is 1.56. The number of aliphatic hydroxyl groups is 1. The number of hydrogen-bond acceptors (Lipinski definition) is 3. The van der Waals surface area contributed by atoms with Crippen LogP contribution >= 0.6 is 11.3 Å². The van der Waals surface area contributed by atoms with E-state index in [0.29, 0.717) is 5.01 Å². The summed E-state index contributed by atoms with van der Waals surface area (Å²) >= 11 is 1.48. The zero-order valence-electron chi connectivity index (χ0n) is 8.90. The van der Waals surface area contributed by atoms with Crippen molar-refractivity contribution in [3.63, 3.8) is 0 Å². The van der Waals surface area contributed by atoms with Crippen molar-refractivity contribution in [2.75, 3.05) is 0 Å². The lowest BCUT2D eigenvalue weighted by Gasteiger charge is -1.99. The molecular formula is C12H12FNOS. The predicted molar refractivity (Wildman–Crippen MR) is 62.8 cm³/mol. The molecule has 1 aromatic heterocycles. The SMILES string of the molecule is CCc1sc(CO)nc1-c1cccc(F)c1. The van der Waals surface area contributed by atoms with Crippen molar-refractivity contribution < 1.29 is 9.50 Å². The molecule has 0 saturated heterocycles. The molecule has 0 aliphatic carbocycles. The van der Waals surface area contributed by atoms with Crippen molar-refractivity contribution in [2.45, 2.75) is 20.0 Å². The molecule has 2 aromatic rings. The van der Waals surface area contributed by atoms with Gasteiger partial charge in [-0.1, -0.05) is 19.1 Å². The highest BCUT2D eigenvalue weighted by Crippen LogP contribution is 2.29. The minimum Gasteiger partial charge on any atom is -0.389 e. The molecule has 0 unspecified atom stereocenters. The van der Waals surface area contributed by atoms with E-state index in [1.54, 1.807) is 6.07 Å². The van der Waals surface area contributed by atoms with Gasteiger partial charge in [-0.3, -0.25) is 0 Å². The number of nitrogens with zero attached hydrogens (tertiary/aromatic N) is 1. The Bertz CT molecular complexity index is 496. The number of benzene rings is 1. The van der Waals surface area contributed by atoms with Gasteiger partial charge in [0.05, 0.1) is 12.3 Å². The molecule has 1 aromatic carbocycles. The molecule has 2 rings (SSSR count). The van der Waals surface area contributed by atoms with E-state index in [4.69, 9.17) is 5.11 Å². The minimum absolute atomic E-state index is 0.0625. The molecule has 0 aliphatic rings. The molecule has 0 radical (unpaired) electrons. The zero-order valence-corrected chi connectivity index (χ0v) is 9.72. The van der Waals surface area contributed by atoms with Crippen LogP contribution in [0.25, 0.3) is 11.3 Å². The number of thiazole rings is 1. The first-order chi connectivity index (χ1) is 7.74. The van der Waals surface area contributed by atoms with E-state index in [9.17, 15) is 4.39 Å². The predicted octanol–water partition coefficient (Wildman–Crippen LogP) is 3.00. The van der Waals surface area contributed by atoms with Crippen LogP contribution in [0, 0.1) is 5.82 Å². The molecule has 0 amide bonds. The number of aryl methyl sites for hydroxylation is 1. The van der Waals surface area contributed by atoms with E-state index in [1.807, 2.05) is 13.0 Å². The average molecular weight is 237 g/mol. The van der Waals surface area contributed by atoms with Gasteiger partial charge in [-0.2, -0.15) is 0 Å². The summed E-state index contributed by atoms with van der Waals surface area (Å²) in [5.74, 6) is -0.266. The normalized spacial score (nSPS) is 10.7. The quantitative estimate of drug-likeness (QED) is 0.890. The maximum atomic E-state index is 13.1. The van der Waals surface area contributed by atoms with Crippen molar-refractivity contribution in [1.29, 1.82) is 0 Å². The Balaban J connectivity index is 2.50. The highest BCUT2D eigenvalue weighted by Gasteiger charge is 2.11. The molecule has 0 saturated carbocycles. The molecule has 0 atom stereocenters. The van der Waals surface area contributed by atoms with Crippen LogP contribution in [0.1, 0.15) is 16.8 Å². The van der Waals surface area contributed by atoms with Gasteiger partial charge in [0.2, 0.25) is 0 Å². The second-order valence-electron chi connectivity index (χ2n) is 3.40. The van der Waals surface area contributed by atoms with Crippen LogP contribution in [0.2, 0.25) is 0 Å². The highest BCUT2D eigenvalue weighted by atomic mass is 32.1. The number of aromatic nitrogens is 1. The van der Waals surface area contributed by atoms with Gasteiger partial charge in [-0.05, 0) is 18.6 Å². The van der Waals surface area contributed by atoms with Gasteiger partial charge in [0.1, 0.15) is 10.8 Å². The molecule has 84 valence electrons. The first-order valence-electron chi connectivity index (χ1n) is 5.10. The summed E-state index contributed by atoms with van der Waals surface area (Å²) < 4.78 is 13.1. The van der Waals surface area contributed by atoms with Crippen molar-refractivity contribution in [3.8, 4) is 11.3 Å². The monoisotopic (exact) mass is 237 g/mol. The third-order valence-electron chi connectivity index (χ3n) is 2.30. The molecule has 4 heteroatoms. The largest absolute Gasteiger partial charge is 0.389 e. The minimum atomic E-state index is -0.266. The van der Waals surface area contributed by atoms with Crippen molar-refractivity contribution in [3.05, 3.63) is 40.0 Å². The Morgan fingerprint density at radius 3 is 2.88 bits per heavy atom. The van der Waals surface area contributed by atoms with E-state index in [2.05, 4.69) is 4.98 Å². The molecule has 0 bridgehead atoms. The van der Waals surface area contributed by atoms with Gasteiger partial charge in [0.15, 0.2) is 0 Å². The second-order valence-corrected chi connectivity index (χ2v) is 4.57. The van der Waals surface area contributed by atoms with Crippen LogP contribution in [-0.4, -0.2) is 10.1 Å². The number of rotatable bonds is 3. The van der Waals surface area contributed by atoms with Crippen LogP contribution in [0.5, 0.6) is 0 Å². The third kappa shape index (κ3) is 2.13. The van der Waals surface area contributed by atoms with Gasteiger partial charge in [-0.15, -0.1) is 11.3 Å². The Hall–Kier alpha value is -1.26. The summed E-state index contributed by atoms with van der Waals surface area (Å²) in [6.07, 6.45) is 0.837. The Morgan fingerprint density at radius 1 is 1.44 bits per heavy atom. The molecule has 2 nitrogen and oxygen atoms in total. The lowest BCUT2D eigenvalue weighted by molar-refractivity contribution is 0.281. The maximum absolute atomic E-state index is 13.1. The standard InChI is InChI=1S/C12H12FNOS/c1-2-10-12(14-11(7-15)16-10)8-4-3-5-9(13)6-8/h3-6,15H,2,7H2,1H3. The smallest absolute Gasteiger partial charge is 0.123 e. The second kappa shape index (κ2) is 4.72. The van der Waals surface area contributed by atoms with Crippen LogP contribution in [0.3, 0.4) is 0 Å². The Morgan fingerprint density at radius 2 is 2.25 bits per heavy atom. The fourth-order valence-electron chi connectivity index (χ4n) is 1.57. The average Bonchev–Trinajstić information content (AvgIpc) is 2.72. The van der Waals surface area contributed by atoms with Crippen molar-refractivity contribution in [2.24, 2.45) is 0 Å². The van der Waals surface area contributed by atoms with Gasteiger partial charge >= 0.3 is 0 Å². The van der Waals surface area contributed by atoms with Gasteiger partial charge in [0, 0.05) is 10.4 Å². The highest BCUT2D eigenvalue weighted by molar-refractivity contribution is 7.12. The Labute approximate surface area is 97.4 Å². The first kappa shape index (κ1) is 11.2. The molecule has 0 spiro atoms. The van der Waals surface area contributed by atoms with Gasteiger partial charge in [0.25, 0.3) is 0 Å². The van der Waals surface area contributed by atoms with Crippen molar-refractivity contribution in [1.82, 2.24) is 4.98 Å². The summed E-state index contributed by atoms with van der Waals surface area (Å²) in [6, 6.07) is 6.38. The zero-order chi connectivity index (χ0) is 11.5. The first-order valence-corrected chi connectivity index (χ1v) is 5.91. The topological polar surface area (TPSA) is 33.1 Å². The van der Waals surface area contributed by atoms with Crippen LogP contribution in [0.15, 0.2) is 24.3 Å². The fraction of sp³-hybridized carbons (Fsp3) is 0.250. The fourth-order valence-corrected chi connectivity index (χ4v) is 2.46. The van der Waals surface area contributed by atoms with Crippen LogP contribution in [-0.2, 0) is 13.0 Å². The van der Waals surface area contributed by atoms with E-state index in [-0.39, 0.29) is 12.4 Å². The molecule has 0 fully saturated rings. The number of hydrogen-bond donors (Lipinski definition) is 1. The van der Waals surface area contributed by atoms with Crippen LogP contribution < -0.4 is 0 Å². The molecule has 0 aliphatic heterocycles. The van der Waals surface area contributed by atoms with Gasteiger partial charge < -0.3 is 5.11 Å². The van der Waals surface area contributed by atoms with E-state index >= 15 is 0 Å². The number of halogens is 1. The molecular weight excluding hydrogens is 225 g/mol. The summed E-state index contributed by atoms with van der Waals surface area (Å²) in [6.45, 7) is 1.96. The van der Waals surface area contributed by atoms with E-state index < -0.39 is 0 Å². The maximum Gasteiger partial charge on any atom is 0.123 e. The summed E-state index contributed by atoms with van der Waals surface area (Å²) in [5, 5.41) is 9.72. The van der Waals surface area contributed by atoms with Crippen LogP contribution in [0.4, 0.5) is 4.39 Å². The molecule has 1 N–H and O–H groups in total. The van der Waals surface area contributed by atoms with Gasteiger partial charge in [-0.25, -0.2) is 9.37 Å².